The molecule has 1 fully saturated rings. The number of hydrogen-bond acceptors (Lipinski definition) is 4. The highest BCUT2D eigenvalue weighted by molar-refractivity contribution is 7.88. The first-order chi connectivity index (χ1) is 13.2. The van der Waals surface area contributed by atoms with E-state index in [1.807, 2.05) is 26.8 Å². The summed E-state index contributed by atoms with van der Waals surface area (Å²) < 4.78 is 25.7. The molecule has 0 amide bonds. The van der Waals surface area contributed by atoms with E-state index in [0.717, 1.165) is 45.0 Å². The van der Waals surface area contributed by atoms with Gasteiger partial charge in [-0.15, -0.1) is 0 Å². The van der Waals surface area contributed by atoms with Crippen molar-refractivity contribution in [3.8, 4) is 0 Å². The third kappa shape index (κ3) is 8.58. The second-order valence-corrected chi connectivity index (χ2v) is 9.91. The molecule has 1 aliphatic rings. The number of nitrogens with one attached hydrogen (secondary N) is 3. The number of benzene rings is 1. The van der Waals surface area contributed by atoms with Gasteiger partial charge in [0.25, 0.3) is 0 Å². The molecule has 1 aromatic rings. The number of hydrogen-bond donors (Lipinski definition) is 3. The minimum Gasteiger partial charge on any atom is -0.357 e. The first-order valence-corrected chi connectivity index (χ1v) is 11.9. The van der Waals surface area contributed by atoms with Crippen molar-refractivity contribution in [3.63, 3.8) is 0 Å². The minimum absolute atomic E-state index is 0.321. The summed E-state index contributed by atoms with van der Waals surface area (Å²) in [6.45, 7) is 9.84. The summed E-state index contributed by atoms with van der Waals surface area (Å²) in [4.78, 5) is 7.09. The van der Waals surface area contributed by atoms with Crippen LogP contribution in [0.5, 0.6) is 0 Å². The Kier molecular flexibility index (Phi) is 8.27. The maximum absolute atomic E-state index is 11.5. The lowest BCUT2D eigenvalue weighted by Crippen LogP contribution is -2.52. The maximum Gasteiger partial charge on any atom is 0.209 e. The molecule has 8 heteroatoms. The molecule has 0 radical (unpaired) electrons. The average molecular weight is 410 g/mol. The van der Waals surface area contributed by atoms with Gasteiger partial charge in [-0.2, -0.15) is 0 Å². The van der Waals surface area contributed by atoms with Crippen LogP contribution in [-0.2, 0) is 16.6 Å². The zero-order valence-corrected chi connectivity index (χ0v) is 18.3. The number of sulfonamides is 1. The molecule has 158 valence electrons. The maximum atomic E-state index is 11.5. The quantitative estimate of drug-likeness (QED) is 0.448. The summed E-state index contributed by atoms with van der Waals surface area (Å²) in [6.07, 6.45) is 3.41. The lowest BCUT2D eigenvalue weighted by atomic mass is 10.0. The van der Waals surface area contributed by atoms with Crippen LogP contribution in [0.2, 0.25) is 0 Å². The summed E-state index contributed by atoms with van der Waals surface area (Å²) >= 11 is 0. The highest BCUT2D eigenvalue weighted by Gasteiger charge is 2.23. The summed E-state index contributed by atoms with van der Waals surface area (Å²) in [6, 6.07) is 10.9. The van der Waals surface area contributed by atoms with Gasteiger partial charge in [-0.1, -0.05) is 30.3 Å². The molecule has 0 saturated carbocycles. The van der Waals surface area contributed by atoms with Gasteiger partial charge < -0.3 is 10.6 Å². The highest BCUT2D eigenvalue weighted by atomic mass is 32.2. The van der Waals surface area contributed by atoms with E-state index in [4.69, 9.17) is 0 Å². The fourth-order valence-corrected chi connectivity index (χ4v) is 4.55. The molecule has 1 saturated heterocycles. The van der Waals surface area contributed by atoms with Gasteiger partial charge in [-0.3, -0.25) is 9.89 Å². The first-order valence-electron chi connectivity index (χ1n) is 9.97. The molecule has 0 spiro atoms. The molecule has 7 nitrogen and oxygen atoms in total. The molecule has 1 heterocycles. The van der Waals surface area contributed by atoms with Crippen molar-refractivity contribution in [1.82, 2.24) is 20.3 Å². The van der Waals surface area contributed by atoms with Gasteiger partial charge in [-0.25, -0.2) is 13.1 Å². The van der Waals surface area contributed by atoms with Gasteiger partial charge in [-0.05, 0) is 45.7 Å². The Labute approximate surface area is 170 Å². The van der Waals surface area contributed by atoms with Crippen LogP contribution in [-0.4, -0.2) is 63.3 Å². The number of rotatable bonds is 8. The lowest BCUT2D eigenvalue weighted by Gasteiger charge is -2.34. The SMILES string of the molecule is CCNC(=NCC(C)(C)NS(C)(=O)=O)NC1CCCN(Cc2ccccc2)C1. The van der Waals surface area contributed by atoms with Crippen LogP contribution in [0.4, 0.5) is 0 Å². The van der Waals surface area contributed by atoms with Gasteiger partial charge >= 0.3 is 0 Å². The van der Waals surface area contributed by atoms with Gasteiger partial charge in [0.2, 0.25) is 10.0 Å². The van der Waals surface area contributed by atoms with Crippen molar-refractivity contribution in [2.75, 3.05) is 32.4 Å². The Balaban J connectivity index is 1.94. The Bertz CT molecular complexity index is 734. The van der Waals surface area contributed by atoms with Crippen molar-refractivity contribution in [1.29, 1.82) is 0 Å². The predicted octanol–water partition coefficient (Wildman–Crippen LogP) is 1.53. The van der Waals surface area contributed by atoms with Gasteiger partial charge in [0, 0.05) is 31.2 Å². The zero-order chi connectivity index (χ0) is 20.6. The summed E-state index contributed by atoms with van der Waals surface area (Å²) in [5, 5.41) is 6.80. The third-order valence-electron chi connectivity index (χ3n) is 4.53. The van der Waals surface area contributed by atoms with Crippen molar-refractivity contribution in [2.24, 2.45) is 4.99 Å². The fourth-order valence-electron chi connectivity index (χ4n) is 3.48. The monoisotopic (exact) mass is 409 g/mol. The van der Waals surface area contributed by atoms with E-state index in [-0.39, 0.29) is 0 Å². The molecule has 3 N–H and O–H groups in total. The smallest absolute Gasteiger partial charge is 0.209 e. The Hall–Kier alpha value is -1.64. The van der Waals surface area contributed by atoms with Crippen LogP contribution in [0, 0.1) is 0 Å². The van der Waals surface area contributed by atoms with E-state index in [0.29, 0.717) is 12.6 Å². The Morgan fingerprint density at radius 2 is 2.00 bits per heavy atom. The zero-order valence-electron chi connectivity index (χ0n) is 17.5. The molecule has 1 aromatic carbocycles. The molecule has 2 rings (SSSR count). The van der Waals surface area contributed by atoms with Gasteiger partial charge in [0.05, 0.1) is 12.8 Å². The fraction of sp³-hybridized carbons (Fsp3) is 0.650. The van der Waals surface area contributed by atoms with Gasteiger partial charge in [0.1, 0.15) is 0 Å². The number of likely N-dealkylation sites (tertiary alicyclic amines) is 1. The van der Waals surface area contributed by atoms with Crippen molar-refractivity contribution >= 4 is 16.0 Å². The lowest BCUT2D eigenvalue weighted by molar-refractivity contribution is 0.192. The Morgan fingerprint density at radius 1 is 1.29 bits per heavy atom. The normalized spacial score (nSPS) is 19.4. The number of aliphatic imine (C=N–C) groups is 1. The predicted molar refractivity (Wildman–Crippen MR) is 116 cm³/mol. The van der Waals surface area contributed by atoms with E-state index in [1.165, 1.54) is 11.8 Å². The standard InChI is InChI=1S/C20H35N5O2S/c1-5-21-19(22-16-20(2,3)24-28(4,26)27)23-18-12-9-13-25(15-18)14-17-10-7-6-8-11-17/h6-8,10-11,18,24H,5,9,12-16H2,1-4H3,(H2,21,22,23). The van der Waals surface area contributed by atoms with Crippen LogP contribution in [0.3, 0.4) is 0 Å². The van der Waals surface area contributed by atoms with E-state index < -0.39 is 15.6 Å². The second kappa shape index (κ2) is 10.2. The van der Waals surface area contributed by atoms with Crippen LogP contribution < -0.4 is 15.4 Å². The van der Waals surface area contributed by atoms with Crippen molar-refractivity contribution in [2.45, 2.75) is 51.7 Å². The summed E-state index contributed by atoms with van der Waals surface area (Å²) in [5.41, 5.74) is 0.694. The van der Waals surface area contributed by atoms with Crippen LogP contribution in [0.25, 0.3) is 0 Å². The topological polar surface area (TPSA) is 85.8 Å². The van der Waals surface area contributed by atoms with Crippen LogP contribution in [0.1, 0.15) is 39.2 Å². The largest absolute Gasteiger partial charge is 0.357 e. The van der Waals surface area contributed by atoms with E-state index >= 15 is 0 Å². The molecule has 1 unspecified atom stereocenters. The number of nitrogens with zero attached hydrogens (tertiary/aromatic N) is 2. The molecule has 0 bridgehead atoms. The minimum atomic E-state index is -3.27. The van der Waals surface area contributed by atoms with Gasteiger partial charge in [0.15, 0.2) is 5.96 Å². The molecular formula is C20H35N5O2S. The van der Waals surface area contributed by atoms with Crippen molar-refractivity contribution < 1.29 is 8.42 Å². The molecular weight excluding hydrogens is 374 g/mol. The van der Waals surface area contributed by atoms with Crippen molar-refractivity contribution in [3.05, 3.63) is 35.9 Å². The summed E-state index contributed by atoms with van der Waals surface area (Å²) in [7, 11) is -3.27. The van der Waals surface area contributed by atoms with E-state index in [1.54, 1.807) is 0 Å². The second-order valence-electron chi connectivity index (χ2n) is 8.16. The molecule has 1 atom stereocenters. The average Bonchev–Trinajstić information content (AvgIpc) is 2.59. The number of piperidine rings is 1. The first kappa shape index (κ1) is 22.6. The molecule has 28 heavy (non-hydrogen) atoms. The molecule has 0 aromatic heterocycles. The number of guanidine groups is 1. The molecule has 1 aliphatic heterocycles. The van der Waals surface area contributed by atoms with Crippen LogP contribution in [0.15, 0.2) is 35.3 Å². The molecule has 0 aliphatic carbocycles. The van der Waals surface area contributed by atoms with Crippen LogP contribution >= 0.6 is 0 Å². The van der Waals surface area contributed by atoms with E-state index in [2.05, 4.69) is 49.5 Å². The third-order valence-corrected chi connectivity index (χ3v) is 5.46. The Morgan fingerprint density at radius 3 is 2.64 bits per heavy atom. The highest BCUT2D eigenvalue weighted by Crippen LogP contribution is 2.14. The summed E-state index contributed by atoms with van der Waals surface area (Å²) in [5.74, 6) is 0.734. The van der Waals surface area contributed by atoms with E-state index in [9.17, 15) is 8.42 Å².